The van der Waals surface area contributed by atoms with Crippen LogP contribution in [0.2, 0.25) is 5.02 Å². The van der Waals surface area contributed by atoms with Gasteiger partial charge >= 0.3 is 0 Å². The SMILES string of the molecule is O=C(NCC(O)C1CC1)c1cc([N+](=O)[O-])ccc1Cl. The molecule has 102 valence electrons. The van der Waals surface area contributed by atoms with Gasteiger partial charge in [-0.15, -0.1) is 0 Å². The Morgan fingerprint density at radius 1 is 1.58 bits per heavy atom. The molecule has 0 aromatic heterocycles. The van der Waals surface area contributed by atoms with Gasteiger partial charge in [0.2, 0.25) is 0 Å². The molecule has 2 rings (SSSR count). The third-order valence-corrected chi connectivity index (χ3v) is 3.37. The molecular weight excluding hydrogens is 272 g/mol. The molecule has 0 spiro atoms. The van der Waals surface area contributed by atoms with Crippen molar-refractivity contribution in [1.82, 2.24) is 5.32 Å². The number of halogens is 1. The van der Waals surface area contributed by atoms with Crippen molar-refractivity contribution in [2.45, 2.75) is 18.9 Å². The Bertz CT molecular complexity index is 516. The van der Waals surface area contributed by atoms with E-state index in [0.29, 0.717) is 0 Å². The van der Waals surface area contributed by atoms with Crippen LogP contribution in [0.15, 0.2) is 18.2 Å². The van der Waals surface area contributed by atoms with E-state index in [1.165, 1.54) is 12.1 Å². The highest BCUT2D eigenvalue weighted by atomic mass is 35.5. The summed E-state index contributed by atoms with van der Waals surface area (Å²) in [6.07, 6.45) is 1.37. The van der Waals surface area contributed by atoms with Gasteiger partial charge in [-0.3, -0.25) is 14.9 Å². The number of hydrogen-bond donors (Lipinski definition) is 2. The molecule has 1 saturated carbocycles. The highest BCUT2D eigenvalue weighted by molar-refractivity contribution is 6.33. The monoisotopic (exact) mass is 284 g/mol. The molecule has 1 aliphatic rings. The van der Waals surface area contributed by atoms with Gasteiger partial charge in [0.15, 0.2) is 0 Å². The normalized spacial score (nSPS) is 15.9. The zero-order valence-corrected chi connectivity index (χ0v) is 10.8. The summed E-state index contributed by atoms with van der Waals surface area (Å²) in [5.41, 5.74) is -0.156. The van der Waals surface area contributed by atoms with Crippen molar-refractivity contribution in [3.63, 3.8) is 0 Å². The molecule has 1 aromatic rings. The number of carbonyl (C=O) groups excluding carboxylic acids is 1. The lowest BCUT2D eigenvalue weighted by Gasteiger charge is -2.11. The summed E-state index contributed by atoms with van der Waals surface area (Å²) in [5, 5.41) is 23.0. The molecule has 19 heavy (non-hydrogen) atoms. The van der Waals surface area contributed by atoms with Crippen LogP contribution in [-0.4, -0.2) is 28.6 Å². The van der Waals surface area contributed by atoms with E-state index in [-0.39, 0.29) is 28.7 Å². The number of carbonyl (C=O) groups is 1. The molecular formula is C12H13ClN2O4. The fourth-order valence-electron chi connectivity index (χ4n) is 1.74. The number of benzene rings is 1. The van der Waals surface area contributed by atoms with Gasteiger partial charge in [-0.25, -0.2) is 0 Å². The maximum Gasteiger partial charge on any atom is 0.270 e. The molecule has 0 heterocycles. The van der Waals surface area contributed by atoms with Crippen molar-refractivity contribution in [2.75, 3.05) is 6.54 Å². The first-order valence-corrected chi connectivity index (χ1v) is 6.27. The lowest BCUT2D eigenvalue weighted by molar-refractivity contribution is -0.384. The maximum atomic E-state index is 11.9. The Kier molecular flexibility index (Phi) is 4.01. The van der Waals surface area contributed by atoms with Crippen molar-refractivity contribution in [2.24, 2.45) is 5.92 Å². The number of amides is 1. The lowest BCUT2D eigenvalue weighted by atomic mass is 10.1. The van der Waals surface area contributed by atoms with Crippen LogP contribution in [0.1, 0.15) is 23.2 Å². The zero-order valence-electron chi connectivity index (χ0n) is 10.0. The molecule has 2 N–H and O–H groups in total. The number of non-ortho nitro benzene ring substituents is 1. The molecule has 1 aromatic carbocycles. The number of nitrogens with one attached hydrogen (secondary N) is 1. The average molecular weight is 285 g/mol. The molecule has 0 saturated heterocycles. The number of aliphatic hydroxyl groups is 1. The van der Waals surface area contributed by atoms with Crippen LogP contribution in [0.3, 0.4) is 0 Å². The van der Waals surface area contributed by atoms with E-state index >= 15 is 0 Å². The van der Waals surface area contributed by atoms with E-state index in [0.717, 1.165) is 18.9 Å². The van der Waals surface area contributed by atoms with Gasteiger partial charge < -0.3 is 10.4 Å². The van der Waals surface area contributed by atoms with Crippen LogP contribution < -0.4 is 5.32 Å². The predicted octanol–water partition coefficient (Wildman–Crippen LogP) is 1.75. The lowest BCUT2D eigenvalue weighted by Crippen LogP contribution is -2.33. The van der Waals surface area contributed by atoms with Gasteiger partial charge in [-0.2, -0.15) is 0 Å². The quantitative estimate of drug-likeness (QED) is 0.636. The third-order valence-electron chi connectivity index (χ3n) is 3.04. The fraction of sp³-hybridized carbons (Fsp3) is 0.417. The molecule has 0 bridgehead atoms. The van der Waals surface area contributed by atoms with E-state index in [4.69, 9.17) is 11.6 Å². The fourth-order valence-corrected chi connectivity index (χ4v) is 1.94. The van der Waals surface area contributed by atoms with E-state index in [9.17, 15) is 20.0 Å². The van der Waals surface area contributed by atoms with Crippen molar-refractivity contribution in [1.29, 1.82) is 0 Å². The first-order chi connectivity index (χ1) is 8.99. The maximum absolute atomic E-state index is 11.9. The first kappa shape index (κ1) is 13.8. The minimum atomic E-state index is -0.591. The number of hydrogen-bond acceptors (Lipinski definition) is 4. The van der Waals surface area contributed by atoms with Gasteiger partial charge in [0.25, 0.3) is 11.6 Å². The van der Waals surface area contributed by atoms with E-state index < -0.39 is 16.9 Å². The minimum Gasteiger partial charge on any atom is -0.391 e. The van der Waals surface area contributed by atoms with E-state index in [1.807, 2.05) is 0 Å². The summed E-state index contributed by atoms with van der Waals surface area (Å²) in [7, 11) is 0. The second kappa shape index (κ2) is 5.54. The first-order valence-electron chi connectivity index (χ1n) is 5.89. The molecule has 1 aliphatic carbocycles. The van der Waals surface area contributed by atoms with Crippen LogP contribution in [0.4, 0.5) is 5.69 Å². The standard InChI is InChI=1S/C12H13ClN2O4/c13-10-4-3-8(15(18)19)5-9(10)12(17)14-6-11(16)7-1-2-7/h3-5,7,11,16H,1-2,6H2,(H,14,17). The summed E-state index contributed by atoms with van der Waals surface area (Å²) in [6, 6.07) is 3.67. The number of rotatable bonds is 5. The van der Waals surface area contributed by atoms with Crippen LogP contribution in [0.25, 0.3) is 0 Å². The highest BCUT2D eigenvalue weighted by Crippen LogP contribution is 2.32. The molecule has 1 unspecified atom stereocenters. The molecule has 1 atom stereocenters. The predicted molar refractivity (Wildman–Crippen MR) is 69.2 cm³/mol. The molecule has 0 aliphatic heterocycles. The highest BCUT2D eigenvalue weighted by Gasteiger charge is 2.30. The largest absolute Gasteiger partial charge is 0.391 e. The smallest absolute Gasteiger partial charge is 0.270 e. The summed E-state index contributed by atoms with van der Waals surface area (Å²) in [6.45, 7) is 0.128. The van der Waals surface area contributed by atoms with Crippen molar-refractivity contribution in [3.8, 4) is 0 Å². The Hall–Kier alpha value is -1.66. The Morgan fingerprint density at radius 3 is 2.84 bits per heavy atom. The topological polar surface area (TPSA) is 92.5 Å². The van der Waals surface area contributed by atoms with Gasteiger partial charge in [-0.1, -0.05) is 11.6 Å². The Balaban J connectivity index is 2.04. The zero-order chi connectivity index (χ0) is 14.0. The number of aliphatic hydroxyl groups excluding tert-OH is 1. The Morgan fingerprint density at radius 2 is 2.26 bits per heavy atom. The molecule has 1 fully saturated rings. The van der Waals surface area contributed by atoms with Gasteiger partial charge in [0, 0.05) is 18.7 Å². The van der Waals surface area contributed by atoms with E-state index in [1.54, 1.807) is 0 Å². The van der Waals surface area contributed by atoms with Crippen molar-refractivity contribution in [3.05, 3.63) is 38.9 Å². The summed E-state index contributed by atoms with van der Waals surface area (Å²) < 4.78 is 0. The van der Waals surface area contributed by atoms with Crippen LogP contribution in [0, 0.1) is 16.0 Å². The number of nitro benzene ring substituents is 1. The summed E-state index contributed by atoms with van der Waals surface area (Å²) >= 11 is 5.84. The van der Waals surface area contributed by atoms with Gasteiger partial charge in [0.05, 0.1) is 21.6 Å². The number of nitrogens with zero attached hydrogens (tertiary/aromatic N) is 1. The van der Waals surface area contributed by atoms with Crippen molar-refractivity contribution < 1.29 is 14.8 Å². The summed E-state index contributed by atoms with van der Waals surface area (Å²) in [5.74, 6) is -0.269. The minimum absolute atomic E-state index is 0.0406. The second-order valence-corrected chi connectivity index (χ2v) is 4.94. The number of nitro groups is 1. The van der Waals surface area contributed by atoms with Crippen LogP contribution in [-0.2, 0) is 0 Å². The Labute approximate surface area is 114 Å². The second-order valence-electron chi connectivity index (χ2n) is 4.54. The average Bonchev–Trinajstić information content (AvgIpc) is 3.20. The van der Waals surface area contributed by atoms with E-state index in [2.05, 4.69) is 5.32 Å². The van der Waals surface area contributed by atoms with Crippen molar-refractivity contribution >= 4 is 23.2 Å². The van der Waals surface area contributed by atoms with Crippen LogP contribution in [0.5, 0.6) is 0 Å². The molecule has 7 heteroatoms. The van der Waals surface area contributed by atoms with Crippen LogP contribution >= 0.6 is 11.6 Å². The third kappa shape index (κ3) is 3.42. The summed E-state index contributed by atoms with van der Waals surface area (Å²) in [4.78, 5) is 21.9. The molecule has 0 radical (unpaired) electrons. The van der Waals surface area contributed by atoms with Gasteiger partial charge in [-0.05, 0) is 24.8 Å². The van der Waals surface area contributed by atoms with Gasteiger partial charge in [0.1, 0.15) is 0 Å². The molecule has 6 nitrogen and oxygen atoms in total. The molecule has 1 amide bonds.